The maximum absolute atomic E-state index is 13.8. The van der Waals surface area contributed by atoms with Gasteiger partial charge in [0, 0.05) is 19.2 Å². The van der Waals surface area contributed by atoms with Gasteiger partial charge in [-0.15, -0.1) is 0 Å². The number of rotatable bonds is 3. The average Bonchev–Trinajstić information content (AvgIpc) is 2.91. The van der Waals surface area contributed by atoms with Gasteiger partial charge in [-0.3, -0.25) is 0 Å². The molecule has 0 spiro atoms. The minimum absolute atomic E-state index is 0.246. The molecule has 0 saturated heterocycles. The van der Waals surface area contributed by atoms with Crippen molar-refractivity contribution >= 4 is 38.5 Å². The second kappa shape index (κ2) is 6.23. The molecule has 0 aliphatic heterocycles. The van der Waals surface area contributed by atoms with Gasteiger partial charge in [0.2, 0.25) is 0 Å². The summed E-state index contributed by atoms with van der Waals surface area (Å²) in [6.45, 7) is 0.349. The maximum Gasteiger partial charge on any atom is 0.181 e. The molecule has 106 valence electrons. The summed E-state index contributed by atoms with van der Waals surface area (Å²) < 4.78 is 17.4. The van der Waals surface area contributed by atoms with Crippen molar-refractivity contribution in [2.45, 2.75) is 6.54 Å². The molecule has 0 unspecified atom stereocenters. The van der Waals surface area contributed by atoms with Gasteiger partial charge in [-0.05, 0) is 52.9 Å². The summed E-state index contributed by atoms with van der Waals surface area (Å²) in [5.74, 6) is 0.397. The van der Waals surface area contributed by atoms with E-state index in [4.69, 9.17) is 0 Å². The average molecular weight is 458 g/mol. The van der Waals surface area contributed by atoms with Crippen molar-refractivity contribution in [1.29, 1.82) is 0 Å². The highest BCUT2D eigenvalue weighted by atomic mass is 127. The van der Waals surface area contributed by atoms with E-state index in [0.717, 1.165) is 13.6 Å². The lowest BCUT2D eigenvalue weighted by Gasteiger charge is -2.03. The fourth-order valence-electron chi connectivity index (χ4n) is 1.97. The Morgan fingerprint density at radius 2 is 2.05 bits per heavy atom. The number of hydrogen-bond donors (Lipinski definition) is 0. The van der Waals surface area contributed by atoms with Crippen LogP contribution in [-0.2, 0) is 6.54 Å². The number of nitrogens with zero attached hydrogens (tertiary/aromatic N) is 3. The third-order valence-corrected chi connectivity index (χ3v) is 4.12. The van der Waals surface area contributed by atoms with Gasteiger partial charge in [-0.2, -0.15) is 5.10 Å². The van der Waals surface area contributed by atoms with Crippen LogP contribution in [0.1, 0.15) is 5.56 Å². The van der Waals surface area contributed by atoms with Crippen LogP contribution in [0.3, 0.4) is 0 Å². The lowest BCUT2D eigenvalue weighted by Crippen LogP contribution is -2.02. The minimum atomic E-state index is -0.246. The minimum Gasteiger partial charge on any atom is -0.248 e. The molecule has 0 aliphatic rings. The normalized spacial score (nSPS) is 10.8. The van der Waals surface area contributed by atoms with Gasteiger partial charge in [0.1, 0.15) is 12.1 Å². The van der Waals surface area contributed by atoms with Gasteiger partial charge in [0.25, 0.3) is 0 Å². The molecular formula is C15H10BrFIN3. The van der Waals surface area contributed by atoms with E-state index in [1.165, 1.54) is 6.07 Å². The van der Waals surface area contributed by atoms with Gasteiger partial charge in [-0.25, -0.2) is 14.1 Å². The topological polar surface area (TPSA) is 30.7 Å². The van der Waals surface area contributed by atoms with Crippen molar-refractivity contribution in [1.82, 2.24) is 14.8 Å². The van der Waals surface area contributed by atoms with Crippen molar-refractivity contribution < 1.29 is 4.39 Å². The first-order valence-corrected chi connectivity index (χ1v) is 8.08. The molecule has 1 aromatic heterocycles. The lowest BCUT2D eigenvalue weighted by molar-refractivity contribution is 0.584. The monoisotopic (exact) mass is 457 g/mol. The van der Waals surface area contributed by atoms with Crippen LogP contribution in [0.5, 0.6) is 0 Å². The predicted molar refractivity (Wildman–Crippen MR) is 91.4 cm³/mol. The van der Waals surface area contributed by atoms with E-state index in [-0.39, 0.29) is 5.82 Å². The molecule has 0 saturated carbocycles. The van der Waals surface area contributed by atoms with Gasteiger partial charge in [-0.1, -0.05) is 28.1 Å². The largest absolute Gasteiger partial charge is 0.248 e. The molecule has 0 fully saturated rings. The van der Waals surface area contributed by atoms with E-state index < -0.39 is 0 Å². The Labute approximate surface area is 143 Å². The Morgan fingerprint density at radius 1 is 1.19 bits per heavy atom. The number of halogens is 3. The van der Waals surface area contributed by atoms with Crippen LogP contribution in [-0.4, -0.2) is 14.8 Å². The first kappa shape index (κ1) is 14.6. The second-order valence-corrected chi connectivity index (χ2v) is 6.67. The zero-order chi connectivity index (χ0) is 14.8. The summed E-state index contributed by atoms with van der Waals surface area (Å²) in [5, 5.41) is 4.41. The van der Waals surface area contributed by atoms with Crippen molar-refractivity contribution in [2.24, 2.45) is 0 Å². The fourth-order valence-corrected chi connectivity index (χ4v) is 2.92. The standard InChI is InChI=1S/C15H10BrFIN3/c16-12-4-5-14(17)11(6-12)8-21-9-19-15(20-21)10-2-1-3-13(18)7-10/h1-7,9H,8H2. The molecule has 2 aromatic carbocycles. The number of aromatic nitrogens is 3. The van der Waals surface area contributed by atoms with Crippen LogP contribution in [0.15, 0.2) is 53.3 Å². The smallest absolute Gasteiger partial charge is 0.181 e. The number of benzene rings is 2. The summed E-state index contributed by atoms with van der Waals surface area (Å²) in [4.78, 5) is 4.29. The van der Waals surface area contributed by atoms with Crippen LogP contribution in [0, 0.1) is 9.39 Å². The zero-order valence-corrected chi connectivity index (χ0v) is 14.5. The Morgan fingerprint density at radius 3 is 2.86 bits per heavy atom. The lowest BCUT2D eigenvalue weighted by atomic mass is 10.2. The molecule has 6 heteroatoms. The molecular weight excluding hydrogens is 448 g/mol. The summed E-state index contributed by atoms with van der Waals surface area (Å²) in [6, 6.07) is 12.8. The van der Waals surface area contributed by atoms with Crippen LogP contribution in [0.4, 0.5) is 4.39 Å². The highest BCUT2D eigenvalue weighted by molar-refractivity contribution is 14.1. The summed E-state index contributed by atoms with van der Waals surface area (Å²) >= 11 is 5.60. The Hall–Kier alpha value is -1.28. The van der Waals surface area contributed by atoms with Gasteiger partial charge >= 0.3 is 0 Å². The molecule has 3 rings (SSSR count). The molecule has 3 nitrogen and oxygen atoms in total. The van der Waals surface area contributed by atoms with E-state index in [9.17, 15) is 4.39 Å². The van der Waals surface area contributed by atoms with Gasteiger partial charge in [0.15, 0.2) is 5.82 Å². The van der Waals surface area contributed by atoms with Crippen molar-refractivity contribution in [3.05, 3.63) is 68.2 Å². The molecule has 0 bridgehead atoms. The summed E-state index contributed by atoms with van der Waals surface area (Å²) in [7, 11) is 0. The second-order valence-electron chi connectivity index (χ2n) is 4.51. The van der Waals surface area contributed by atoms with E-state index in [1.54, 1.807) is 23.1 Å². The highest BCUT2D eigenvalue weighted by Gasteiger charge is 2.08. The first-order chi connectivity index (χ1) is 10.1. The Kier molecular flexibility index (Phi) is 4.34. The van der Waals surface area contributed by atoms with Crippen LogP contribution < -0.4 is 0 Å². The molecule has 0 N–H and O–H groups in total. The summed E-state index contributed by atoms with van der Waals surface area (Å²) in [5.41, 5.74) is 1.53. The van der Waals surface area contributed by atoms with Crippen molar-refractivity contribution in [3.63, 3.8) is 0 Å². The molecule has 21 heavy (non-hydrogen) atoms. The molecule has 0 amide bonds. The predicted octanol–water partition coefficient (Wildman–Crippen LogP) is 4.50. The van der Waals surface area contributed by atoms with Crippen LogP contribution >= 0.6 is 38.5 Å². The number of hydrogen-bond acceptors (Lipinski definition) is 2. The van der Waals surface area contributed by atoms with E-state index in [2.05, 4.69) is 48.6 Å². The van der Waals surface area contributed by atoms with Crippen molar-refractivity contribution in [3.8, 4) is 11.4 Å². The fraction of sp³-hybridized carbons (Fsp3) is 0.0667. The first-order valence-electron chi connectivity index (χ1n) is 6.21. The van der Waals surface area contributed by atoms with Gasteiger partial charge in [0.05, 0.1) is 6.54 Å². The quantitative estimate of drug-likeness (QED) is 0.542. The third-order valence-electron chi connectivity index (χ3n) is 2.96. The van der Waals surface area contributed by atoms with E-state index >= 15 is 0 Å². The van der Waals surface area contributed by atoms with Gasteiger partial charge < -0.3 is 0 Å². The third kappa shape index (κ3) is 3.49. The Bertz CT molecular complexity index is 788. The molecule has 1 heterocycles. The molecule has 3 aromatic rings. The molecule has 0 aliphatic carbocycles. The van der Waals surface area contributed by atoms with Crippen molar-refractivity contribution in [2.75, 3.05) is 0 Å². The van der Waals surface area contributed by atoms with E-state index in [0.29, 0.717) is 17.9 Å². The zero-order valence-electron chi connectivity index (χ0n) is 10.8. The SMILES string of the molecule is Fc1ccc(Br)cc1Cn1cnc(-c2cccc(I)c2)n1. The Balaban J connectivity index is 1.87. The molecule has 0 radical (unpaired) electrons. The molecule has 0 atom stereocenters. The summed E-state index contributed by atoms with van der Waals surface area (Å²) in [6.07, 6.45) is 1.62. The van der Waals surface area contributed by atoms with Crippen LogP contribution in [0.2, 0.25) is 0 Å². The van der Waals surface area contributed by atoms with E-state index in [1.807, 2.05) is 24.3 Å². The maximum atomic E-state index is 13.8. The van der Waals surface area contributed by atoms with Crippen LogP contribution in [0.25, 0.3) is 11.4 Å². The highest BCUT2D eigenvalue weighted by Crippen LogP contribution is 2.19.